The van der Waals surface area contributed by atoms with Crippen molar-refractivity contribution in [2.75, 3.05) is 0 Å². The van der Waals surface area contributed by atoms with Crippen LogP contribution in [0.15, 0.2) is 18.5 Å². The Morgan fingerprint density at radius 3 is 3.00 bits per heavy atom. The summed E-state index contributed by atoms with van der Waals surface area (Å²) >= 11 is 1.50. The lowest BCUT2D eigenvalue weighted by Crippen LogP contribution is -2.25. The quantitative estimate of drug-likeness (QED) is 0.596. The van der Waals surface area contributed by atoms with Gasteiger partial charge in [0.1, 0.15) is 5.01 Å². The topological polar surface area (TPSA) is 102 Å². The van der Waals surface area contributed by atoms with Gasteiger partial charge < -0.3 is 5.32 Å². The van der Waals surface area contributed by atoms with Crippen LogP contribution in [-0.2, 0) is 6.54 Å². The van der Waals surface area contributed by atoms with E-state index >= 15 is 0 Å². The Morgan fingerprint density at radius 1 is 1.30 bits per heavy atom. The molecule has 4 aromatic heterocycles. The molecule has 9 nitrogen and oxygen atoms in total. The van der Waals surface area contributed by atoms with Crippen molar-refractivity contribution in [2.24, 2.45) is 0 Å². The summed E-state index contributed by atoms with van der Waals surface area (Å²) < 4.78 is 3.26. The van der Waals surface area contributed by atoms with Gasteiger partial charge in [-0.25, -0.2) is 14.5 Å². The van der Waals surface area contributed by atoms with E-state index in [4.69, 9.17) is 0 Å². The first kappa shape index (κ1) is 13.8. The molecule has 10 heteroatoms. The fraction of sp³-hybridized carbons (Fsp3) is 0.231. The highest BCUT2D eigenvalue weighted by atomic mass is 32.1. The van der Waals surface area contributed by atoms with Crippen molar-refractivity contribution in [3.8, 4) is 0 Å². The molecule has 0 aliphatic rings. The highest BCUT2D eigenvalue weighted by Gasteiger charge is 2.15. The smallest absolute Gasteiger partial charge is 0.289 e. The summed E-state index contributed by atoms with van der Waals surface area (Å²) in [7, 11) is 0. The van der Waals surface area contributed by atoms with Gasteiger partial charge in [0.05, 0.1) is 18.4 Å². The van der Waals surface area contributed by atoms with Crippen molar-refractivity contribution in [1.29, 1.82) is 0 Å². The van der Waals surface area contributed by atoms with Gasteiger partial charge in [-0.2, -0.15) is 5.10 Å². The van der Waals surface area contributed by atoms with Crippen molar-refractivity contribution in [3.05, 3.63) is 40.7 Å². The minimum atomic E-state index is -0.330. The van der Waals surface area contributed by atoms with E-state index < -0.39 is 0 Å². The number of rotatable bonds is 3. The second kappa shape index (κ2) is 5.09. The monoisotopic (exact) mass is 328 g/mol. The fourth-order valence-corrected chi connectivity index (χ4v) is 2.95. The number of aryl methyl sites for hydroxylation is 2. The van der Waals surface area contributed by atoms with Gasteiger partial charge in [-0.1, -0.05) is 11.3 Å². The van der Waals surface area contributed by atoms with Crippen LogP contribution in [0.5, 0.6) is 0 Å². The largest absolute Gasteiger partial charge is 0.344 e. The number of nitrogens with zero attached hydrogens (tertiary/aromatic N) is 7. The molecule has 0 aliphatic carbocycles. The summed E-state index contributed by atoms with van der Waals surface area (Å²) in [5.41, 5.74) is 1.55. The van der Waals surface area contributed by atoms with Crippen LogP contribution in [0.25, 0.3) is 10.7 Å². The van der Waals surface area contributed by atoms with Crippen LogP contribution >= 0.6 is 11.3 Å². The third kappa shape index (κ3) is 2.42. The maximum atomic E-state index is 12.3. The number of fused-ring (bicyclic) bond motifs is 2. The van der Waals surface area contributed by atoms with E-state index in [0.29, 0.717) is 12.3 Å². The molecule has 0 saturated carbocycles. The van der Waals surface area contributed by atoms with Crippen LogP contribution in [0.4, 0.5) is 0 Å². The molecule has 4 rings (SSSR count). The summed E-state index contributed by atoms with van der Waals surface area (Å²) in [5.74, 6) is 0.267. The molecule has 0 atom stereocenters. The highest BCUT2D eigenvalue weighted by molar-refractivity contribution is 7.16. The van der Waals surface area contributed by atoms with Gasteiger partial charge in [0.2, 0.25) is 10.8 Å². The zero-order chi connectivity index (χ0) is 16.0. The molecule has 4 aromatic rings. The minimum absolute atomic E-state index is 0.197. The average molecular weight is 328 g/mol. The number of hydrogen-bond donors (Lipinski definition) is 1. The summed E-state index contributed by atoms with van der Waals surface area (Å²) in [4.78, 5) is 21.7. The predicted molar refractivity (Wildman–Crippen MR) is 82.3 cm³/mol. The number of imidazole rings is 1. The zero-order valence-corrected chi connectivity index (χ0v) is 13.2. The lowest BCUT2D eigenvalue weighted by Gasteiger charge is -2.01. The molecule has 0 fully saturated rings. The SMILES string of the molecule is Cc1ccn2c(C(=O)NCc3cn4nc(C)sc4n3)nnc2n1. The van der Waals surface area contributed by atoms with Crippen LogP contribution in [0, 0.1) is 13.8 Å². The van der Waals surface area contributed by atoms with Crippen molar-refractivity contribution in [1.82, 2.24) is 39.5 Å². The van der Waals surface area contributed by atoms with Crippen molar-refractivity contribution < 1.29 is 4.79 Å². The molecule has 0 radical (unpaired) electrons. The van der Waals surface area contributed by atoms with E-state index in [1.54, 1.807) is 27.4 Å². The van der Waals surface area contributed by atoms with E-state index in [1.165, 1.54) is 11.3 Å². The van der Waals surface area contributed by atoms with Gasteiger partial charge in [-0.05, 0) is 19.9 Å². The minimum Gasteiger partial charge on any atom is -0.344 e. The number of carbonyl (C=O) groups is 1. The Balaban J connectivity index is 1.53. The lowest BCUT2D eigenvalue weighted by molar-refractivity contribution is 0.0939. The molecule has 0 aliphatic heterocycles. The van der Waals surface area contributed by atoms with Crippen LogP contribution in [0.3, 0.4) is 0 Å². The third-order valence-corrected chi connectivity index (χ3v) is 4.08. The zero-order valence-electron chi connectivity index (χ0n) is 12.4. The Bertz CT molecular complexity index is 998. The summed E-state index contributed by atoms with van der Waals surface area (Å²) in [6, 6.07) is 1.80. The molecule has 0 aromatic carbocycles. The first-order valence-corrected chi connectivity index (χ1v) is 7.70. The van der Waals surface area contributed by atoms with Gasteiger partial charge >= 0.3 is 0 Å². The van der Waals surface area contributed by atoms with Gasteiger partial charge in [0, 0.05) is 11.9 Å². The van der Waals surface area contributed by atoms with Crippen molar-refractivity contribution in [3.63, 3.8) is 0 Å². The fourth-order valence-electron chi connectivity index (χ4n) is 2.21. The Labute approximate surface area is 134 Å². The predicted octanol–water partition coefficient (Wildman–Crippen LogP) is 0.775. The van der Waals surface area contributed by atoms with E-state index in [1.807, 2.05) is 13.8 Å². The molecule has 1 N–H and O–H groups in total. The van der Waals surface area contributed by atoms with Crippen LogP contribution in [0.1, 0.15) is 27.0 Å². The third-order valence-electron chi connectivity index (χ3n) is 3.25. The Hall–Kier alpha value is -2.88. The molecule has 0 bridgehead atoms. The molecular formula is C13H12N8OS. The first-order chi connectivity index (χ1) is 11.1. The number of amides is 1. The summed E-state index contributed by atoms with van der Waals surface area (Å²) in [6.45, 7) is 4.07. The standard InChI is InChI=1S/C13H12N8OS/c1-7-3-4-20-10(17-18-12(20)15-7)11(22)14-5-9-6-21-13(16-9)23-8(2)19-21/h3-4,6H,5H2,1-2H3,(H,14,22). The van der Waals surface area contributed by atoms with Crippen LogP contribution < -0.4 is 5.32 Å². The molecule has 0 unspecified atom stereocenters. The van der Waals surface area contributed by atoms with E-state index in [-0.39, 0.29) is 11.7 Å². The number of nitrogens with one attached hydrogen (secondary N) is 1. The average Bonchev–Trinajstić information content (AvgIpc) is 3.16. The maximum absolute atomic E-state index is 12.3. The number of carbonyl (C=O) groups excluding carboxylic acids is 1. The molecule has 23 heavy (non-hydrogen) atoms. The highest BCUT2D eigenvalue weighted by Crippen LogP contribution is 2.13. The normalized spacial score (nSPS) is 11.4. The van der Waals surface area contributed by atoms with Gasteiger partial charge in [-0.3, -0.25) is 9.20 Å². The molecule has 0 saturated heterocycles. The molecule has 1 amide bonds. The summed E-state index contributed by atoms with van der Waals surface area (Å²) in [6.07, 6.45) is 3.53. The van der Waals surface area contributed by atoms with E-state index in [9.17, 15) is 4.79 Å². The van der Waals surface area contributed by atoms with Gasteiger partial charge in [0.25, 0.3) is 11.7 Å². The van der Waals surface area contributed by atoms with Gasteiger partial charge in [0.15, 0.2) is 0 Å². The summed E-state index contributed by atoms with van der Waals surface area (Å²) in [5, 5.41) is 15.8. The first-order valence-electron chi connectivity index (χ1n) is 6.88. The van der Waals surface area contributed by atoms with Crippen molar-refractivity contribution >= 4 is 28.0 Å². The second-order valence-electron chi connectivity index (χ2n) is 5.03. The maximum Gasteiger partial charge on any atom is 0.289 e. The van der Waals surface area contributed by atoms with Crippen LogP contribution in [-0.4, -0.2) is 40.1 Å². The van der Waals surface area contributed by atoms with Crippen molar-refractivity contribution in [2.45, 2.75) is 20.4 Å². The number of hydrogen-bond acceptors (Lipinski definition) is 7. The van der Waals surface area contributed by atoms with E-state index in [2.05, 4.69) is 30.6 Å². The molecule has 116 valence electrons. The second-order valence-corrected chi connectivity index (χ2v) is 6.19. The molecular weight excluding hydrogens is 316 g/mol. The van der Waals surface area contributed by atoms with Crippen LogP contribution in [0.2, 0.25) is 0 Å². The molecule has 0 spiro atoms. The van der Waals surface area contributed by atoms with E-state index in [0.717, 1.165) is 21.4 Å². The Morgan fingerprint density at radius 2 is 2.17 bits per heavy atom. The number of aromatic nitrogens is 7. The lowest BCUT2D eigenvalue weighted by atomic mass is 10.4. The molecule has 4 heterocycles. The Kier molecular flexibility index (Phi) is 3.05. The van der Waals surface area contributed by atoms with Gasteiger partial charge in [-0.15, -0.1) is 10.2 Å².